The molecule has 3 N–H and O–H groups in total. The van der Waals surface area contributed by atoms with Gasteiger partial charge in [0.15, 0.2) is 0 Å². The summed E-state index contributed by atoms with van der Waals surface area (Å²) in [6.45, 7) is 4.33. The van der Waals surface area contributed by atoms with Gasteiger partial charge in [0.1, 0.15) is 17.4 Å². The molecule has 0 bridgehead atoms. The second-order valence-electron chi connectivity index (χ2n) is 5.72. The number of benzene rings is 1. The zero-order chi connectivity index (χ0) is 18.5. The van der Waals surface area contributed by atoms with E-state index in [9.17, 15) is 0 Å². The second-order valence-corrected chi connectivity index (χ2v) is 6.16. The minimum Gasteiger partial charge on any atom is -0.467 e. The van der Waals surface area contributed by atoms with Crippen molar-refractivity contribution in [1.29, 1.82) is 0 Å². The summed E-state index contributed by atoms with van der Waals surface area (Å²) in [6.07, 6.45) is 2.35. The molecule has 0 amide bonds. The molecular weight excluding hydrogens is 350 g/mol. The smallest absolute Gasteiger partial charge is 0.230 e. The molecule has 0 unspecified atom stereocenters. The van der Waals surface area contributed by atoms with E-state index in [1.54, 1.807) is 6.26 Å². The predicted molar refractivity (Wildman–Crippen MR) is 105 cm³/mol. The van der Waals surface area contributed by atoms with Crippen molar-refractivity contribution in [3.05, 3.63) is 59.1 Å². The maximum absolute atomic E-state index is 6.22. The fraction of sp³-hybridized carbons (Fsp3) is 0.211. The highest BCUT2D eigenvalue weighted by molar-refractivity contribution is 6.30. The molecule has 0 saturated heterocycles. The molecule has 134 valence electrons. The number of anilines is 2. The Morgan fingerprint density at radius 1 is 1.23 bits per heavy atom. The maximum Gasteiger partial charge on any atom is 0.230 e. The van der Waals surface area contributed by atoms with Crippen LogP contribution in [0.2, 0.25) is 5.02 Å². The highest BCUT2D eigenvalue weighted by atomic mass is 35.5. The average molecular weight is 370 g/mol. The van der Waals surface area contributed by atoms with E-state index >= 15 is 0 Å². The number of hydrogen-bond acceptors (Lipinski definition) is 5. The van der Waals surface area contributed by atoms with Gasteiger partial charge >= 0.3 is 0 Å². The first-order valence-corrected chi connectivity index (χ1v) is 8.67. The van der Waals surface area contributed by atoms with Crippen molar-refractivity contribution >= 4 is 29.2 Å². The number of aromatic nitrogens is 2. The van der Waals surface area contributed by atoms with E-state index in [-0.39, 0.29) is 0 Å². The molecule has 0 aliphatic carbocycles. The van der Waals surface area contributed by atoms with Gasteiger partial charge < -0.3 is 15.5 Å². The van der Waals surface area contributed by atoms with Gasteiger partial charge in [-0.1, -0.05) is 30.7 Å². The van der Waals surface area contributed by atoms with E-state index in [0.717, 1.165) is 29.0 Å². The molecule has 0 saturated carbocycles. The SMILES string of the molecule is CCc1nc(NC(C)=NCc2ccco2)nc(N)c1-c1ccc(Cl)cc1. The molecule has 3 aromatic rings. The molecule has 0 atom stereocenters. The summed E-state index contributed by atoms with van der Waals surface area (Å²) in [7, 11) is 0. The molecule has 0 aliphatic heterocycles. The Labute approximate surface area is 157 Å². The standard InChI is InChI=1S/C19H20ClN5O/c1-3-16-17(13-6-8-14(20)9-7-13)18(21)25-19(24-16)23-12(2)22-11-15-5-4-10-26-15/h4-10H,3,11H2,1-2H3,(H3,21,22,23,24,25). The van der Waals surface area contributed by atoms with Gasteiger partial charge in [0.05, 0.1) is 18.5 Å². The van der Waals surface area contributed by atoms with Crippen LogP contribution < -0.4 is 11.1 Å². The summed E-state index contributed by atoms with van der Waals surface area (Å²) in [5.74, 6) is 2.32. The normalized spacial score (nSPS) is 11.6. The lowest BCUT2D eigenvalue weighted by atomic mass is 10.0. The number of nitrogens with zero attached hydrogens (tertiary/aromatic N) is 3. The van der Waals surface area contributed by atoms with Crippen LogP contribution in [-0.4, -0.2) is 15.8 Å². The highest BCUT2D eigenvalue weighted by Gasteiger charge is 2.13. The van der Waals surface area contributed by atoms with Gasteiger partial charge in [-0.25, -0.2) is 4.98 Å². The molecule has 0 spiro atoms. The number of hydrogen-bond donors (Lipinski definition) is 2. The number of nitrogen functional groups attached to an aromatic ring is 1. The minimum atomic E-state index is 0.417. The molecule has 26 heavy (non-hydrogen) atoms. The van der Waals surface area contributed by atoms with Gasteiger partial charge in [0.2, 0.25) is 5.95 Å². The number of halogens is 1. The quantitative estimate of drug-likeness (QED) is 0.508. The number of furan rings is 1. The van der Waals surface area contributed by atoms with Crippen LogP contribution in [0.4, 0.5) is 11.8 Å². The Kier molecular flexibility index (Phi) is 5.53. The molecule has 0 radical (unpaired) electrons. The van der Waals surface area contributed by atoms with Crippen molar-refractivity contribution in [3.8, 4) is 11.1 Å². The van der Waals surface area contributed by atoms with Crippen LogP contribution in [0.3, 0.4) is 0 Å². The number of aliphatic imine (C=N–C) groups is 1. The van der Waals surface area contributed by atoms with E-state index in [2.05, 4.69) is 20.3 Å². The van der Waals surface area contributed by atoms with Crippen molar-refractivity contribution in [2.75, 3.05) is 11.1 Å². The molecule has 3 rings (SSSR count). The van der Waals surface area contributed by atoms with Crippen molar-refractivity contribution in [3.63, 3.8) is 0 Å². The summed E-state index contributed by atoms with van der Waals surface area (Å²) >= 11 is 5.97. The number of nitrogens with one attached hydrogen (secondary N) is 1. The van der Waals surface area contributed by atoms with Crippen LogP contribution in [0.25, 0.3) is 11.1 Å². The average Bonchev–Trinajstić information content (AvgIpc) is 3.14. The summed E-state index contributed by atoms with van der Waals surface area (Å²) in [5.41, 5.74) is 8.85. The molecule has 2 heterocycles. The van der Waals surface area contributed by atoms with Crippen molar-refractivity contribution in [2.24, 2.45) is 4.99 Å². The molecule has 1 aromatic carbocycles. The number of nitrogens with two attached hydrogens (primary N) is 1. The fourth-order valence-corrected chi connectivity index (χ4v) is 2.70. The Morgan fingerprint density at radius 2 is 2.00 bits per heavy atom. The number of rotatable bonds is 5. The van der Waals surface area contributed by atoms with Gasteiger partial charge in [-0.15, -0.1) is 0 Å². The number of aryl methyl sites for hydroxylation is 1. The largest absolute Gasteiger partial charge is 0.467 e. The minimum absolute atomic E-state index is 0.417. The third-order valence-electron chi connectivity index (χ3n) is 3.82. The first-order chi connectivity index (χ1) is 12.6. The first-order valence-electron chi connectivity index (χ1n) is 8.29. The summed E-state index contributed by atoms with van der Waals surface area (Å²) < 4.78 is 5.27. The van der Waals surface area contributed by atoms with Crippen LogP contribution in [0.1, 0.15) is 25.3 Å². The Balaban J connectivity index is 1.84. The Bertz CT molecular complexity index is 904. The van der Waals surface area contributed by atoms with Crippen molar-refractivity contribution < 1.29 is 4.42 Å². The third kappa shape index (κ3) is 4.21. The predicted octanol–water partition coefficient (Wildman–Crippen LogP) is 4.57. The third-order valence-corrected chi connectivity index (χ3v) is 4.08. The lowest BCUT2D eigenvalue weighted by Gasteiger charge is -2.13. The Morgan fingerprint density at radius 3 is 2.65 bits per heavy atom. The highest BCUT2D eigenvalue weighted by Crippen LogP contribution is 2.30. The fourth-order valence-electron chi connectivity index (χ4n) is 2.57. The van der Waals surface area contributed by atoms with E-state index < -0.39 is 0 Å². The van der Waals surface area contributed by atoms with Crippen molar-refractivity contribution in [1.82, 2.24) is 9.97 Å². The monoisotopic (exact) mass is 369 g/mol. The Hall–Kier alpha value is -2.86. The zero-order valence-electron chi connectivity index (χ0n) is 14.7. The van der Waals surface area contributed by atoms with Gasteiger partial charge in [-0.3, -0.25) is 4.99 Å². The molecule has 0 fully saturated rings. The van der Waals surface area contributed by atoms with Gasteiger partial charge in [-0.2, -0.15) is 4.98 Å². The van der Waals surface area contributed by atoms with E-state index in [0.29, 0.717) is 29.2 Å². The molecule has 2 aromatic heterocycles. The molecular formula is C19H20ClN5O. The van der Waals surface area contributed by atoms with E-state index in [1.807, 2.05) is 50.2 Å². The molecule has 7 heteroatoms. The molecule has 0 aliphatic rings. The van der Waals surface area contributed by atoms with Gasteiger partial charge in [0.25, 0.3) is 0 Å². The van der Waals surface area contributed by atoms with Crippen LogP contribution in [0.5, 0.6) is 0 Å². The van der Waals surface area contributed by atoms with Crippen LogP contribution in [0, 0.1) is 0 Å². The van der Waals surface area contributed by atoms with E-state index in [4.69, 9.17) is 21.8 Å². The summed E-state index contributed by atoms with van der Waals surface area (Å²) in [5, 5.41) is 3.77. The first kappa shape index (κ1) is 17.9. The van der Waals surface area contributed by atoms with Gasteiger partial charge in [-0.05, 0) is 43.2 Å². The summed E-state index contributed by atoms with van der Waals surface area (Å²) in [6, 6.07) is 11.2. The zero-order valence-corrected chi connectivity index (χ0v) is 15.4. The number of amidine groups is 1. The van der Waals surface area contributed by atoms with Gasteiger partial charge in [0, 0.05) is 10.6 Å². The summed E-state index contributed by atoms with van der Waals surface area (Å²) in [4.78, 5) is 13.4. The second kappa shape index (κ2) is 8.01. The van der Waals surface area contributed by atoms with Crippen LogP contribution in [0.15, 0.2) is 52.1 Å². The topological polar surface area (TPSA) is 89.3 Å². The molecule has 6 nitrogen and oxygen atoms in total. The van der Waals surface area contributed by atoms with Crippen LogP contribution in [-0.2, 0) is 13.0 Å². The van der Waals surface area contributed by atoms with Crippen LogP contribution >= 0.6 is 11.6 Å². The lowest BCUT2D eigenvalue weighted by molar-refractivity contribution is 0.513. The van der Waals surface area contributed by atoms with E-state index in [1.165, 1.54) is 0 Å². The maximum atomic E-state index is 6.22. The lowest BCUT2D eigenvalue weighted by Crippen LogP contribution is -2.13. The van der Waals surface area contributed by atoms with Crippen molar-refractivity contribution in [2.45, 2.75) is 26.8 Å².